The van der Waals surface area contributed by atoms with Gasteiger partial charge in [0.15, 0.2) is 11.6 Å². The Morgan fingerprint density at radius 1 is 1.10 bits per heavy atom. The van der Waals surface area contributed by atoms with Crippen LogP contribution in [0.15, 0.2) is 42.5 Å². The standard InChI is InChI=1S/C15H12ClFO4/c16-12-2-1-3-13(14(12)17)21-9-8-20-11-6-4-10(5-7-11)15(18)19/h1-7H,8-9H2,(H,18,19). The molecule has 0 unspecified atom stereocenters. The minimum atomic E-state index is -0.999. The second-order valence-corrected chi connectivity index (χ2v) is 4.49. The summed E-state index contributed by atoms with van der Waals surface area (Å²) in [4.78, 5) is 10.7. The van der Waals surface area contributed by atoms with Crippen molar-refractivity contribution >= 4 is 17.6 Å². The van der Waals surface area contributed by atoms with Gasteiger partial charge in [0.25, 0.3) is 0 Å². The van der Waals surface area contributed by atoms with E-state index in [1.165, 1.54) is 24.3 Å². The summed E-state index contributed by atoms with van der Waals surface area (Å²) in [5.41, 5.74) is 0.180. The summed E-state index contributed by atoms with van der Waals surface area (Å²) in [5.74, 6) is -1.03. The first-order chi connectivity index (χ1) is 10.1. The summed E-state index contributed by atoms with van der Waals surface area (Å²) in [6, 6.07) is 10.5. The van der Waals surface area contributed by atoms with Gasteiger partial charge < -0.3 is 14.6 Å². The number of carboxylic acids is 1. The van der Waals surface area contributed by atoms with Gasteiger partial charge in [-0.25, -0.2) is 9.18 Å². The molecule has 0 heterocycles. The lowest BCUT2D eigenvalue weighted by molar-refractivity contribution is 0.0697. The minimum Gasteiger partial charge on any atom is -0.490 e. The highest BCUT2D eigenvalue weighted by Gasteiger charge is 2.07. The van der Waals surface area contributed by atoms with Gasteiger partial charge in [-0.1, -0.05) is 17.7 Å². The topological polar surface area (TPSA) is 55.8 Å². The highest BCUT2D eigenvalue weighted by Crippen LogP contribution is 2.23. The molecular formula is C15H12ClFO4. The van der Waals surface area contributed by atoms with Crippen LogP contribution in [0.4, 0.5) is 4.39 Å². The Morgan fingerprint density at radius 2 is 1.76 bits per heavy atom. The number of hydrogen-bond acceptors (Lipinski definition) is 3. The molecule has 0 aliphatic carbocycles. The van der Waals surface area contributed by atoms with E-state index in [1.54, 1.807) is 18.2 Å². The molecule has 0 atom stereocenters. The fourth-order valence-electron chi connectivity index (χ4n) is 1.60. The molecule has 0 aromatic heterocycles. The van der Waals surface area contributed by atoms with E-state index in [4.69, 9.17) is 26.2 Å². The second-order valence-electron chi connectivity index (χ2n) is 4.08. The molecule has 2 rings (SSSR count). The van der Waals surface area contributed by atoms with E-state index in [0.717, 1.165) is 0 Å². The molecule has 1 N–H and O–H groups in total. The van der Waals surface area contributed by atoms with Crippen molar-refractivity contribution in [2.45, 2.75) is 0 Å². The highest BCUT2D eigenvalue weighted by atomic mass is 35.5. The van der Waals surface area contributed by atoms with Crippen molar-refractivity contribution in [3.63, 3.8) is 0 Å². The average Bonchev–Trinajstić information content (AvgIpc) is 2.48. The molecule has 0 bridgehead atoms. The first-order valence-electron chi connectivity index (χ1n) is 6.11. The van der Waals surface area contributed by atoms with Gasteiger partial charge in [0.1, 0.15) is 19.0 Å². The zero-order valence-electron chi connectivity index (χ0n) is 10.9. The highest BCUT2D eigenvalue weighted by molar-refractivity contribution is 6.30. The fourth-order valence-corrected chi connectivity index (χ4v) is 1.77. The Kier molecular flexibility index (Phi) is 5.00. The Hall–Kier alpha value is -2.27. The third kappa shape index (κ3) is 4.10. The predicted molar refractivity (Wildman–Crippen MR) is 75.8 cm³/mol. The number of carboxylic acid groups (broad SMARTS) is 1. The summed E-state index contributed by atoms with van der Waals surface area (Å²) in [7, 11) is 0. The van der Waals surface area contributed by atoms with Crippen molar-refractivity contribution in [2.75, 3.05) is 13.2 Å². The van der Waals surface area contributed by atoms with Crippen LogP contribution in [-0.4, -0.2) is 24.3 Å². The molecule has 110 valence electrons. The monoisotopic (exact) mass is 310 g/mol. The maximum Gasteiger partial charge on any atom is 0.335 e. The van der Waals surface area contributed by atoms with E-state index in [0.29, 0.717) is 5.75 Å². The summed E-state index contributed by atoms with van der Waals surface area (Å²) in [5, 5.41) is 8.76. The van der Waals surface area contributed by atoms with Gasteiger partial charge in [-0.15, -0.1) is 0 Å². The van der Waals surface area contributed by atoms with Crippen molar-refractivity contribution in [2.24, 2.45) is 0 Å². The normalized spacial score (nSPS) is 10.2. The van der Waals surface area contributed by atoms with Crippen molar-refractivity contribution in [3.8, 4) is 11.5 Å². The fraction of sp³-hybridized carbons (Fsp3) is 0.133. The van der Waals surface area contributed by atoms with Crippen LogP contribution in [0.2, 0.25) is 5.02 Å². The van der Waals surface area contributed by atoms with E-state index in [1.807, 2.05) is 0 Å². The first kappa shape index (κ1) is 15.1. The van der Waals surface area contributed by atoms with Gasteiger partial charge >= 0.3 is 5.97 Å². The third-order valence-corrected chi connectivity index (χ3v) is 2.92. The largest absolute Gasteiger partial charge is 0.490 e. The molecule has 0 saturated heterocycles. The van der Waals surface area contributed by atoms with Crippen LogP contribution in [-0.2, 0) is 0 Å². The smallest absolute Gasteiger partial charge is 0.335 e. The van der Waals surface area contributed by atoms with Gasteiger partial charge in [-0.2, -0.15) is 0 Å². The van der Waals surface area contributed by atoms with Gasteiger partial charge in [-0.05, 0) is 36.4 Å². The van der Waals surface area contributed by atoms with Gasteiger partial charge in [0.05, 0.1) is 10.6 Å². The molecule has 6 heteroatoms. The minimum absolute atomic E-state index is 0.00215. The summed E-state index contributed by atoms with van der Waals surface area (Å²) >= 11 is 5.63. The van der Waals surface area contributed by atoms with Crippen LogP contribution in [0.5, 0.6) is 11.5 Å². The molecule has 4 nitrogen and oxygen atoms in total. The Morgan fingerprint density at radius 3 is 2.43 bits per heavy atom. The molecule has 0 aliphatic rings. The van der Waals surface area contributed by atoms with Crippen LogP contribution in [0.25, 0.3) is 0 Å². The van der Waals surface area contributed by atoms with E-state index in [-0.39, 0.29) is 29.5 Å². The van der Waals surface area contributed by atoms with Gasteiger partial charge in [0.2, 0.25) is 0 Å². The van der Waals surface area contributed by atoms with E-state index in [9.17, 15) is 9.18 Å². The molecule has 0 saturated carbocycles. The number of ether oxygens (including phenoxy) is 2. The van der Waals surface area contributed by atoms with Crippen LogP contribution >= 0.6 is 11.6 Å². The number of hydrogen-bond donors (Lipinski definition) is 1. The van der Waals surface area contributed by atoms with Crippen molar-refractivity contribution in [1.82, 2.24) is 0 Å². The number of halogens is 2. The Balaban J connectivity index is 1.82. The first-order valence-corrected chi connectivity index (χ1v) is 6.48. The second kappa shape index (κ2) is 6.95. The molecule has 21 heavy (non-hydrogen) atoms. The maximum atomic E-state index is 13.5. The number of carbonyl (C=O) groups is 1. The van der Waals surface area contributed by atoms with Crippen LogP contribution in [0.3, 0.4) is 0 Å². The zero-order chi connectivity index (χ0) is 15.2. The predicted octanol–water partition coefficient (Wildman–Crippen LogP) is 3.64. The quantitative estimate of drug-likeness (QED) is 0.828. The van der Waals surface area contributed by atoms with Crippen molar-refractivity contribution in [1.29, 1.82) is 0 Å². The molecule has 0 spiro atoms. The molecule has 2 aromatic rings. The van der Waals surface area contributed by atoms with Crippen LogP contribution < -0.4 is 9.47 Å². The number of benzene rings is 2. The van der Waals surface area contributed by atoms with E-state index >= 15 is 0 Å². The SMILES string of the molecule is O=C(O)c1ccc(OCCOc2cccc(Cl)c2F)cc1. The van der Waals surface area contributed by atoms with Crippen molar-refractivity contribution in [3.05, 3.63) is 58.9 Å². The van der Waals surface area contributed by atoms with Crippen LogP contribution in [0.1, 0.15) is 10.4 Å². The van der Waals surface area contributed by atoms with Gasteiger partial charge in [-0.3, -0.25) is 0 Å². The zero-order valence-corrected chi connectivity index (χ0v) is 11.6. The number of aromatic carboxylic acids is 1. The van der Waals surface area contributed by atoms with E-state index in [2.05, 4.69) is 0 Å². The summed E-state index contributed by atoms with van der Waals surface area (Å²) in [6.45, 7) is 0.330. The van der Waals surface area contributed by atoms with E-state index < -0.39 is 11.8 Å². The third-order valence-electron chi connectivity index (χ3n) is 2.63. The average molecular weight is 311 g/mol. The Labute approximate surface area is 125 Å². The number of rotatable bonds is 6. The summed E-state index contributed by atoms with van der Waals surface area (Å²) in [6.07, 6.45) is 0. The molecular weight excluding hydrogens is 299 g/mol. The summed E-state index contributed by atoms with van der Waals surface area (Å²) < 4.78 is 24.1. The molecule has 0 amide bonds. The molecule has 2 aromatic carbocycles. The lowest BCUT2D eigenvalue weighted by atomic mass is 10.2. The molecule has 0 radical (unpaired) electrons. The molecule has 0 aliphatic heterocycles. The lowest BCUT2D eigenvalue weighted by Gasteiger charge is -2.09. The van der Waals surface area contributed by atoms with Gasteiger partial charge in [0, 0.05) is 0 Å². The van der Waals surface area contributed by atoms with Crippen molar-refractivity contribution < 1.29 is 23.8 Å². The maximum absolute atomic E-state index is 13.5. The molecule has 0 fully saturated rings. The Bertz CT molecular complexity index is 628. The van der Waals surface area contributed by atoms with Crippen LogP contribution in [0, 0.1) is 5.82 Å². The lowest BCUT2D eigenvalue weighted by Crippen LogP contribution is -2.10.